The van der Waals surface area contributed by atoms with E-state index in [9.17, 15) is 4.79 Å². The van der Waals surface area contributed by atoms with Crippen LogP contribution < -0.4 is 0 Å². The Bertz CT molecular complexity index is 467. The quantitative estimate of drug-likeness (QED) is 0.816. The molecule has 2 aromatic carbocycles. The van der Waals surface area contributed by atoms with E-state index in [-0.39, 0.29) is 13.3 Å². The molecule has 0 amide bonds. The minimum Gasteiger partial charge on any atom is -0.389 e. The number of hydrogen-bond donors (Lipinski definition) is 1. The molecular formula is C16H19O2+. The summed E-state index contributed by atoms with van der Waals surface area (Å²) in [5, 5.41) is 9.02. The van der Waals surface area contributed by atoms with Crippen LogP contribution in [0.4, 0.5) is 0 Å². The molecule has 0 aliphatic heterocycles. The fourth-order valence-corrected chi connectivity index (χ4v) is 1.40. The van der Waals surface area contributed by atoms with Crippen LogP contribution in [0.3, 0.4) is 0 Å². The molecule has 0 radical (unpaired) electrons. The summed E-state index contributed by atoms with van der Waals surface area (Å²) in [6.45, 7) is 3.32. The molecule has 1 N–H and O–H groups in total. The van der Waals surface area contributed by atoms with Gasteiger partial charge in [0.05, 0.1) is 6.10 Å². The van der Waals surface area contributed by atoms with Gasteiger partial charge >= 0.3 is 1.43 Å². The SMILES string of the molecule is CC(=O)c1ccccc1.CC(O)c1ccccc1.[H+]. The molecule has 0 saturated heterocycles. The first-order valence-electron chi connectivity index (χ1n) is 5.90. The van der Waals surface area contributed by atoms with Crippen LogP contribution in [-0.2, 0) is 0 Å². The van der Waals surface area contributed by atoms with E-state index in [0.29, 0.717) is 0 Å². The molecule has 2 rings (SSSR count). The van der Waals surface area contributed by atoms with Crippen LogP contribution in [0, 0.1) is 0 Å². The summed E-state index contributed by atoms with van der Waals surface area (Å²) in [5.74, 6) is 0.121. The minimum absolute atomic E-state index is 0. The van der Waals surface area contributed by atoms with E-state index in [2.05, 4.69) is 0 Å². The number of benzene rings is 2. The van der Waals surface area contributed by atoms with Crippen LogP contribution in [0.15, 0.2) is 60.7 Å². The van der Waals surface area contributed by atoms with Gasteiger partial charge in [0.2, 0.25) is 0 Å². The number of carbonyl (C=O) groups is 1. The highest BCUT2D eigenvalue weighted by Crippen LogP contribution is 2.09. The summed E-state index contributed by atoms with van der Waals surface area (Å²) in [6, 6.07) is 18.8. The van der Waals surface area contributed by atoms with Crippen molar-refractivity contribution < 1.29 is 11.3 Å². The number of hydrogen-bond acceptors (Lipinski definition) is 2. The van der Waals surface area contributed by atoms with E-state index in [4.69, 9.17) is 5.11 Å². The molecule has 2 nitrogen and oxygen atoms in total. The highest BCUT2D eigenvalue weighted by atomic mass is 16.3. The van der Waals surface area contributed by atoms with Gasteiger partial charge in [0.25, 0.3) is 0 Å². The predicted molar refractivity (Wildman–Crippen MR) is 74.6 cm³/mol. The predicted octanol–water partition coefficient (Wildman–Crippen LogP) is 3.74. The van der Waals surface area contributed by atoms with E-state index in [1.807, 2.05) is 60.7 Å². The van der Waals surface area contributed by atoms with Crippen LogP contribution in [0.1, 0.15) is 37.3 Å². The van der Waals surface area contributed by atoms with E-state index in [1.54, 1.807) is 13.8 Å². The first-order chi connectivity index (χ1) is 8.61. The van der Waals surface area contributed by atoms with Gasteiger partial charge in [-0.05, 0) is 19.4 Å². The highest BCUT2D eigenvalue weighted by Gasteiger charge is 1.95. The van der Waals surface area contributed by atoms with Gasteiger partial charge in [-0.25, -0.2) is 0 Å². The van der Waals surface area contributed by atoms with Crippen molar-refractivity contribution in [3.8, 4) is 0 Å². The summed E-state index contributed by atoms with van der Waals surface area (Å²) in [4.78, 5) is 10.6. The fourth-order valence-electron chi connectivity index (χ4n) is 1.40. The Morgan fingerprint density at radius 3 is 1.72 bits per heavy atom. The second-order valence-electron chi connectivity index (χ2n) is 4.01. The van der Waals surface area contributed by atoms with Crippen molar-refractivity contribution in [2.24, 2.45) is 0 Å². The molecule has 0 fully saturated rings. The molecule has 1 unspecified atom stereocenters. The van der Waals surface area contributed by atoms with Crippen molar-refractivity contribution in [1.82, 2.24) is 0 Å². The summed E-state index contributed by atoms with van der Waals surface area (Å²) < 4.78 is 0. The largest absolute Gasteiger partial charge is 1.00 e. The summed E-state index contributed by atoms with van der Waals surface area (Å²) in [5.41, 5.74) is 1.75. The molecule has 2 heteroatoms. The standard InChI is InChI=1S/C8H10O.C8H8O/c2*1-7(9)8-5-3-2-4-6-8/h2-7,9H,1H3;2-6H,1H3/p+1. The number of aliphatic hydroxyl groups excluding tert-OH is 1. The molecule has 0 spiro atoms. The number of ketones is 1. The molecule has 0 saturated carbocycles. The lowest BCUT2D eigenvalue weighted by atomic mass is 10.1. The van der Waals surface area contributed by atoms with Crippen molar-refractivity contribution in [3.05, 3.63) is 71.8 Å². The topological polar surface area (TPSA) is 37.3 Å². The van der Waals surface area contributed by atoms with Gasteiger partial charge in [-0.1, -0.05) is 60.7 Å². The average Bonchev–Trinajstić information content (AvgIpc) is 2.41. The second kappa shape index (κ2) is 7.41. The minimum atomic E-state index is -0.341. The maximum absolute atomic E-state index is 10.6. The molecule has 94 valence electrons. The van der Waals surface area contributed by atoms with E-state index in [0.717, 1.165) is 11.1 Å². The van der Waals surface area contributed by atoms with Gasteiger partial charge in [-0.15, -0.1) is 0 Å². The molecule has 0 aromatic heterocycles. The zero-order valence-electron chi connectivity index (χ0n) is 11.7. The van der Waals surface area contributed by atoms with Crippen molar-refractivity contribution in [3.63, 3.8) is 0 Å². The van der Waals surface area contributed by atoms with Gasteiger partial charge < -0.3 is 5.11 Å². The Hall–Kier alpha value is -1.93. The van der Waals surface area contributed by atoms with Crippen LogP contribution in [0.2, 0.25) is 0 Å². The lowest BCUT2D eigenvalue weighted by Crippen LogP contribution is -1.88. The number of carbonyl (C=O) groups excluding carboxylic acids is 1. The third-order valence-corrected chi connectivity index (χ3v) is 2.46. The fraction of sp³-hybridized carbons (Fsp3) is 0.188. The van der Waals surface area contributed by atoms with Crippen molar-refractivity contribution in [2.75, 3.05) is 0 Å². The normalized spacial score (nSPS) is 11.1. The van der Waals surface area contributed by atoms with Gasteiger partial charge in [-0.3, -0.25) is 4.79 Å². The van der Waals surface area contributed by atoms with Crippen LogP contribution in [-0.4, -0.2) is 10.9 Å². The van der Waals surface area contributed by atoms with Crippen molar-refractivity contribution in [1.29, 1.82) is 0 Å². The Balaban J connectivity index is 0.000000324. The average molecular weight is 243 g/mol. The Morgan fingerprint density at radius 1 is 1.00 bits per heavy atom. The maximum Gasteiger partial charge on any atom is 1.00 e. The highest BCUT2D eigenvalue weighted by molar-refractivity contribution is 5.93. The van der Waals surface area contributed by atoms with Crippen LogP contribution >= 0.6 is 0 Å². The summed E-state index contributed by atoms with van der Waals surface area (Å²) in [7, 11) is 0. The van der Waals surface area contributed by atoms with Crippen LogP contribution in [0.25, 0.3) is 0 Å². The third-order valence-electron chi connectivity index (χ3n) is 2.46. The zero-order valence-corrected chi connectivity index (χ0v) is 10.7. The smallest absolute Gasteiger partial charge is 0.389 e. The molecular weight excluding hydrogens is 224 g/mol. The lowest BCUT2D eigenvalue weighted by Gasteiger charge is -2.00. The molecule has 1 atom stereocenters. The first kappa shape index (κ1) is 14.1. The van der Waals surface area contributed by atoms with Gasteiger partial charge in [0.1, 0.15) is 0 Å². The Morgan fingerprint density at radius 2 is 1.44 bits per heavy atom. The molecule has 0 aliphatic carbocycles. The van der Waals surface area contributed by atoms with Gasteiger partial charge in [0, 0.05) is 5.56 Å². The van der Waals surface area contributed by atoms with Gasteiger partial charge in [0.15, 0.2) is 5.78 Å². The zero-order chi connectivity index (χ0) is 13.4. The van der Waals surface area contributed by atoms with Crippen LogP contribution in [0.5, 0.6) is 0 Å². The molecule has 0 aliphatic rings. The first-order valence-corrected chi connectivity index (χ1v) is 5.90. The second-order valence-corrected chi connectivity index (χ2v) is 4.01. The molecule has 0 heterocycles. The summed E-state index contributed by atoms with van der Waals surface area (Å²) in [6.07, 6.45) is -0.341. The Kier molecular flexibility index (Phi) is 5.81. The van der Waals surface area contributed by atoms with E-state index >= 15 is 0 Å². The lowest BCUT2D eigenvalue weighted by molar-refractivity contribution is 0.101. The van der Waals surface area contributed by atoms with E-state index < -0.39 is 0 Å². The summed E-state index contributed by atoms with van der Waals surface area (Å²) >= 11 is 0. The number of rotatable bonds is 2. The number of Topliss-reactive ketones (excluding diaryl/α,β-unsaturated/α-hetero) is 1. The molecule has 0 bridgehead atoms. The third kappa shape index (κ3) is 4.93. The molecule has 18 heavy (non-hydrogen) atoms. The van der Waals surface area contributed by atoms with Gasteiger partial charge in [-0.2, -0.15) is 0 Å². The monoisotopic (exact) mass is 243 g/mol. The Labute approximate surface area is 109 Å². The van der Waals surface area contributed by atoms with Crippen molar-refractivity contribution >= 4 is 5.78 Å². The van der Waals surface area contributed by atoms with E-state index in [1.165, 1.54) is 0 Å². The maximum atomic E-state index is 10.6. The number of aliphatic hydroxyl groups is 1. The molecule has 2 aromatic rings. The van der Waals surface area contributed by atoms with Crippen molar-refractivity contribution in [2.45, 2.75) is 20.0 Å².